The molecule has 2 heterocycles. The zero-order valence-electron chi connectivity index (χ0n) is 14.1. The van der Waals surface area contributed by atoms with Crippen LogP contribution in [-0.4, -0.2) is 28.8 Å². The zero-order chi connectivity index (χ0) is 21.6. The van der Waals surface area contributed by atoms with Gasteiger partial charge >= 0.3 is 18.4 Å². The van der Waals surface area contributed by atoms with Gasteiger partial charge in [-0.1, -0.05) is 18.2 Å². The Balaban J connectivity index is 2.11. The molecular formula is C17H12F6N2O3S. The van der Waals surface area contributed by atoms with E-state index in [9.17, 15) is 41.0 Å². The molecule has 0 radical (unpaired) electrons. The monoisotopic (exact) mass is 438 g/mol. The van der Waals surface area contributed by atoms with Crippen LogP contribution >= 0.6 is 11.3 Å². The number of nitrogens with one attached hydrogen (secondary N) is 2. The van der Waals surface area contributed by atoms with Gasteiger partial charge in [-0.05, 0) is 29.1 Å². The van der Waals surface area contributed by atoms with E-state index in [1.807, 2.05) is 0 Å². The second-order valence-corrected chi connectivity index (χ2v) is 7.23. The lowest BCUT2D eigenvalue weighted by atomic mass is 9.78. The molecule has 5 nitrogen and oxygen atoms in total. The molecule has 0 saturated carbocycles. The zero-order valence-corrected chi connectivity index (χ0v) is 15.0. The number of carbonyl (C=O) groups is 2. The highest BCUT2D eigenvalue weighted by molar-refractivity contribution is 7.12. The van der Waals surface area contributed by atoms with Crippen LogP contribution in [0.2, 0.25) is 0 Å². The van der Waals surface area contributed by atoms with E-state index in [0.717, 1.165) is 23.5 Å². The van der Waals surface area contributed by atoms with Crippen LogP contribution in [0.15, 0.2) is 41.8 Å². The van der Waals surface area contributed by atoms with Crippen LogP contribution < -0.4 is 10.6 Å². The third-order valence-electron chi connectivity index (χ3n) is 4.45. The molecule has 3 atom stereocenters. The normalized spacial score (nSPS) is 25.3. The minimum atomic E-state index is -5.44. The fourth-order valence-electron chi connectivity index (χ4n) is 3.07. The van der Waals surface area contributed by atoms with Crippen LogP contribution in [0.1, 0.15) is 26.8 Å². The van der Waals surface area contributed by atoms with Gasteiger partial charge in [0.05, 0.1) is 16.5 Å². The molecule has 2 amide bonds. The number of halogens is 6. The Morgan fingerprint density at radius 3 is 2.17 bits per heavy atom. The van der Waals surface area contributed by atoms with Crippen molar-refractivity contribution in [2.75, 3.05) is 0 Å². The smallest absolute Gasteiger partial charge is 0.363 e. The maximum atomic E-state index is 13.7. The Morgan fingerprint density at radius 1 is 1.07 bits per heavy atom. The van der Waals surface area contributed by atoms with E-state index < -0.39 is 47.4 Å². The number of ketones is 1. The van der Waals surface area contributed by atoms with Crippen LogP contribution in [0.25, 0.3) is 0 Å². The number of urea groups is 1. The van der Waals surface area contributed by atoms with Crippen molar-refractivity contribution in [3.05, 3.63) is 57.8 Å². The molecule has 2 aromatic rings. The summed E-state index contributed by atoms with van der Waals surface area (Å²) in [5, 5.41) is 15.2. The maximum absolute atomic E-state index is 13.7. The average Bonchev–Trinajstić information content (AvgIpc) is 3.13. The Bertz CT molecular complexity index is 911. The first-order chi connectivity index (χ1) is 13.3. The average molecular weight is 438 g/mol. The number of aliphatic hydroxyl groups is 1. The van der Waals surface area contributed by atoms with Crippen molar-refractivity contribution in [2.45, 2.75) is 24.1 Å². The van der Waals surface area contributed by atoms with Crippen LogP contribution in [0.5, 0.6) is 0 Å². The van der Waals surface area contributed by atoms with Crippen LogP contribution in [0, 0.1) is 5.92 Å². The van der Waals surface area contributed by atoms with Crippen molar-refractivity contribution < 1.29 is 41.0 Å². The molecule has 3 N–H and O–H groups in total. The number of hydrogen-bond acceptors (Lipinski definition) is 4. The van der Waals surface area contributed by atoms with E-state index in [2.05, 4.69) is 5.32 Å². The molecule has 1 aromatic carbocycles. The van der Waals surface area contributed by atoms with Gasteiger partial charge in [-0.2, -0.15) is 26.3 Å². The SMILES string of the molecule is O=C1N[C@@H](c2ccc(C(F)(F)F)cc2)[C@H](C(=O)c2cccs2)[C@@](O)(C(F)(F)F)N1. The number of thiophene rings is 1. The van der Waals surface area contributed by atoms with E-state index in [0.29, 0.717) is 12.1 Å². The van der Waals surface area contributed by atoms with Crippen molar-refractivity contribution in [3.63, 3.8) is 0 Å². The summed E-state index contributed by atoms with van der Waals surface area (Å²) in [4.78, 5) is 24.5. The van der Waals surface area contributed by atoms with Crippen molar-refractivity contribution in [1.82, 2.24) is 10.6 Å². The summed E-state index contributed by atoms with van der Waals surface area (Å²) in [7, 11) is 0. The topological polar surface area (TPSA) is 78.4 Å². The molecule has 1 aliphatic heterocycles. The first-order valence-electron chi connectivity index (χ1n) is 7.97. The van der Waals surface area contributed by atoms with Gasteiger partial charge < -0.3 is 15.7 Å². The van der Waals surface area contributed by atoms with Gasteiger partial charge in [-0.3, -0.25) is 4.79 Å². The van der Waals surface area contributed by atoms with E-state index in [1.165, 1.54) is 22.8 Å². The number of carbonyl (C=O) groups excluding carboxylic acids is 2. The highest BCUT2D eigenvalue weighted by Crippen LogP contribution is 2.44. The van der Waals surface area contributed by atoms with Gasteiger partial charge in [0.1, 0.15) is 5.92 Å². The number of amides is 2. The summed E-state index contributed by atoms with van der Waals surface area (Å²) in [6.07, 6.45) is -10.1. The van der Waals surface area contributed by atoms with Gasteiger partial charge in [0.25, 0.3) is 0 Å². The van der Waals surface area contributed by atoms with Gasteiger partial charge in [-0.15, -0.1) is 11.3 Å². The lowest BCUT2D eigenvalue weighted by Gasteiger charge is -2.44. The van der Waals surface area contributed by atoms with Crippen molar-refractivity contribution in [1.29, 1.82) is 0 Å². The maximum Gasteiger partial charge on any atom is 0.437 e. The molecule has 156 valence electrons. The summed E-state index contributed by atoms with van der Waals surface area (Å²) < 4.78 is 79.3. The molecular weight excluding hydrogens is 426 g/mol. The highest BCUT2D eigenvalue weighted by Gasteiger charge is 2.66. The highest BCUT2D eigenvalue weighted by atomic mass is 32.1. The van der Waals surface area contributed by atoms with E-state index >= 15 is 0 Å². The Labute approximate surface area is 163 Å². The predicted molar refractivity (Wildman–Crippen MR) is 89.0 cm³/mol. The molecule has 3 rings (SSSR count). The van der Waals surface area contributed by atoms with Gasteiger partial charge in [-0.25, -0.2) is 4.79 Å². The fraction of sp³-hybridized carbons (Fsp3) is 0.294. The number of benzene rings is 1. The van der Waals surface area contributed by atoms with Crippen LogP contribution in [-0.2, 0) is 6.18 Å². The first kappa shape index (κ1) is 21.1. The Kier molecular flexibility index (Phi) is 5.11. The number of rotatable bonds is 3. The third-order valence-corrected chi connectivity index (χ3v) is 5.33. The minimum absolute atomic E-state index is 0.118. The van der Waals surface area contributed by atoms with Crippen molar-refractivity contribution in [3.8, 4) is 0 Å². The molecule has 29 heavy (non-hydrogen) atoms. The quantitative estimate of drug-likeness (QED) is 0.503. The van der Waals surface area contributed by atoms with Crippen molar-refractivity contribution in [2.24, 2.45) is 5.92 Å². The van der Waals surface area contributed by atoms with E-state index in [1.54, 1.807) is 0 Å². The standard InChI is InChI=1S/C17H12F6N2O3S/c18-16(19,20)9-5-3-8(4-6-9)12-11(13(26)10-2-1-7-29-10)15(28,17(21,22)23)25-14(27)24-12/h1-7,11-12,28H,(H2,24,25,27)/t11-,12+,15-/m1/s1. The summed E-state index contributed by atoms with van der Waals surface area (Å²) >= 11 is 0.823. The molecule has 0 unspecified atom stereocenters. The summed E-state index contributed by atoms with van der Waals surface area (Å²) in [6, 6.07) is 2.43. The van der Waals surface area contributed by atoms with Crippen molar-refractivity contribution >= 4 is 23.2 Å². The Morgan fingerprint density at radius 2 is 1.69 bits per heavy atom. The molecule has 0 spiro atoms. The second-order valence-electron chi connectivity index (χ2n) is 6.28. The van der Waals surface area contributed by atoms with Crippen LogP contribution in [0.3, 0.4) is 0 Å². The van der Waals surface area contributed by atoms with Gasteiger partial charge in [0.15, 0.2) is 5.78 Å². The summed E-state index contributed by atoms with van der Waals surface area (Å²) in [6.45, 7) is 0. The molecule has 1 saturated heterocycles. The lowest BCUT2D eigenvalue weighted by molar-refractivity contribution is -0.287. The largest absolute Gasteiger partial charge is 0.437 e. The third kappa shape index (κ3) is 3.81. The van der Waals surface area contributed by atoms with Gasteiger partial charge in [0, 0.05) is 0 Å². The molecule has 12 heteroatoms. The first-order valence-corrected chi connectivity index (χ1v) is 8.85. The number of hydrogen-bond donors (Lipinski definition) is 3. The molecule has 0 aliphatic carbocycles. The Hall–Kier alpha value is -2.60. The molecule has 0 bridgehead atoms. The van der Waals surface area contributed by atoms with E-state index in [-0.39, 0.29) is 10.4 Å². The number of alkyl halides is 6. The lowest BCUT2D eigenvalue weighted by Crippen LogP contribution is -2.72. The van der Waals surface area contributed by atoms with E-state index in [4.69, 9.17) is 0 Å². The second kappa shape index (κ2) is 7.02. The van der Waals surface area contributed by atoms with Crippen LogP contribution in [0.4, 0.5) is 31.1 Å². The molecule has 1 fully saturated rings. The summed E-state index contributed by atoms with van der Waals surface area (Å²) in [5.41, 5.74) is -5.19. The minimum Gasteiger partial charge on any atom is -0.363 e. The molecule has 1 aliphatic rings. The number of Topliss-reactive ketones (excluding diaryl/α,β-unsaturated/α-hetero) is 1. The summed E-state index contributed by atoms with van der Waals surface area (Å²) in [5.74, 6) is -3.41. The fourth-order valence-corrected chi connectivity index (χ4v) is 3.77. The van der Waals surface area contributed by atoms with Gasteiger partial charge in [0.2, 0.25) is 5.72 Å². The molecule has 1 aromatic heterocycles. The predicted octanol–water partition coefficient (Wildman–Crippen LogP) is 3.87.